The minimum absolute atomic E-state index is 0.124. The lowest BCUT2D eigenvalue weighted by Gasteiger charge is -2.18. The summed E-state index contributed by atoms with van der Waals surface area (Å²) in [5.41, 5.74) is 8.64. The number of carbonyl (C=O) groups is 1. The van der Waals surface area contributed by atoms with Crippen molar-refractivity contribution in [1.82, 2.24) is 10.3 Å². The normalized spacial score (nSPS) is 16.2. The summed E-state index contributed by atoms with van der Waals surface area (Å²) in [5, 5.41) is 7.39. The Hall–Kier alpha value is -2.78. The molecular weight excluding hydrogens is 440 g/mol. The first-order valence-corrected chi connectivity index (χ1v) is 10.3. The number of hydrogen-bond acceptors (Lipinski definition) is 6. The van der Waals surface area contributed by atoms with Gasteiger partial charge in [-0.15, -0.1) is 0 Å². The molecular formula is C19H17BrN6OS. The molecule has 3 aromatic rings. The van der Waals surface area contributed by atoms with Crippen LogP contribution in [0.3, 0.4) is 0 Å². The summed E-state index contributed by atoms with van der Waals surface area (Å²) in [6.07, 6.45) is 1.44. The molecule has 1 aliphatic rings. The Morgan fingerprint density at radius 3 is 2.79 bits per heavy atom. The van der Waals surface area contributed by atoms with Crippen LogP contribution in [0.15, 0.2) is 69.2 Å². The molecule has 0 spiro atoms. The van der Waals surface area contributed by atoms with Gasteiger partial charge in [0.2, 0.25) is 5.91 Å². The summed E-state index contributed by atoms with van der Waals surface area (Å²) in [6, 6.07) is 15.4. The van der Waals surface area contributed by atoms with Gasteiger partial charge in [-0.2, -0.15) is 0 Å². The Morgan fingerprint density at radius 1 is 1.18 bits per heavy atom. The quantitative estimate of drug-likeness (QED) is 0.481. The number of nitrogens with zero attached hydrogens (tertiary/aromatic N) is 2. The van der Waals surface area contributed by atoms with Gasteiger partial charge in [-0.3, -0.25) is 4.79 Å². The summed E-state index contributed by atoms with van der Waals surface area (Å²) in [5.74, 6) is 0.359. The van der Waals surface area contributed by atoms with Crippen LogP contribution in [-0.4, -0.2) is 27.8 Å². The van der Waals surface area contributed by atoms with Crippen LogP contribution in [0.1, 0.15) is 11.7 Å². The van der Waals surface area contributed by atoms with E-state index in [2.05, 4.69) is 41.5 Å². The summed E-state index contributed by atoms with van der Waals surface area (Å²) in [4.78, 5) is 24.4. The lowest BCUT2D eigenvalue weighted by atomic mass is 10.1. The molecule has 1 unspecified atom stereocenters. The molecule has 0 fully saturated rings. The first-order valence-electron chi connectivity index (χ1n) is 8.51. The SMILES string of the molecule is NC1=NC(c2c[nH]c3ccccc23)N=C(SCC(=O)Nc2ccc(Br)cc2)N1. The minimum atomic E-state index is -0.450. The van der Waals surface area contributed by atoms with Gasteiger partial charge in [-0.25, -0.2) is 9.98 Å². The van der Waals surface area contributed by atoms with Crippen molar-refractivity contribution in [2.75, 3.05) is 11.1 Å². The Kier molecular flexibility index (Phi) is 5.36. The van der Waals surface area contributed by atoms with Crippen LogP contribution in [0.25, 0.3) is 10.9 Å². The smallest absolute Gasteiger partial charge is 0.234 e. The number of rotatable bonds is 4. The number of aromatic nitrogens is 1. The van der Waals surface area contributed by atoms with Gasteiger partial charge in [0.1, 0.15) is 0 Å². The number of hydrogen-bond donors (Lipinski definition) is 4. The number of H-pyrrole nitrogens is 1. The zero-order valence-electron chi connectivity index (χ0n) is 14.6. The Labute approximate surface area is 174 Å². The van der Waals surface area contributed by atoms with Gasteiger partial charge in [0.05, 0.1) is 5.75 Å². The fourth-order valence-corrected chi connectivity index (χ4v) is 3.79. The molecule has 0 aliphatic carbocycles. The van der Waals surface area contributed by atoms with Crippen LogP contribution in [0.5, 0.6) is 0 Å². The molecule has 28 heavy (non-hydrogen) atoms. The Morgan fingerprint density at radius 2 is 1.96 bits per heavy atom. The van der Waals surface area contributed by atoms with Crippen molar-refractivity contribution in [2.45, 2.75) is 6.17 Å². The highest BCUT2D eigenvalue weighted by atomic mass is 79.9. The maximum Gasteiger partial charge on any atom is 0.234 e. The highest BCUT2D eigenvalue weighted by molar-refractivity contribution is 9.10. The van der Waals surface area contributed by atoms with Crippen LogP contribution in [0, 0.1) is 0 Å². The third-order valence-electron chi connectivity index (χ3n) is 4.10. The molecule has 5 N–H and O–H groups in total. The highest BCUT2D eigenvalue weighted by Crippen LogP contribution is 2.29. The van der Waals surface area contributed by atoms with Crippen LogP contribution in [0.2, 0.25) is 0 Å². The van der Waals surface area contributed by atoms with E-state index >= 15 is 0 Å². The maximum absolute atomic E-state index is 12.2. The number of aromatic amines is 1. The van der Waals surface area contributed by atoms with Gasteiger partial charge in [0, 0.05) is 32.8 Å². The molecule has 4 rings (SSSR count). The van der Waals surface area contributed by atoms with Gasteiger partial charge in [0.25, 0.3) is 0 Å². The zero-order valence-corrected chi connectivity index (χ0v) is 17.0. The maximum atomic E-state index is 12.2. The van der Waals surface area contributed by atoms with E-state index < -0.39 is 6.17 Å². The molecule has 0 saturated carbocycles. The second-order valence-electron chi connectivity index (χ2n) is 6.08. The molecule has 1 amide bonds. The Balaban J connectivity index is 1.44. The number of nitrogens with two attached hydrogens (primary N) is 1. The Bertz CT molecular complexity index is 1080. The van der Waals surface area contributed by atoms with E-state index in [1.54, 1.807) is 0 Å². The molecule has 0 saturated heterocycles. The van der Waals surface area contributed by atoms with Gasteiger partial charge < -0.3 is 21.4 Å². The molecule has 9 heteroatoms. The van der Waals surface area contributed by atoms with E-state index in [1.165, 1.54) is 11.8 Å². The number of fused-ring (bicyclic) bond motifs is 1. The van der Waals surface area contributed by atoms with Crippen LogP contribution in [0.4, 0.5) is 5.69 Å². The van der Waals surface area contributed by atoms with Gasteiger partial charge in [-0.1, -0.05) is 45.9 Å². The fourth-order valence-electron chi connectivity index (χ4n) is 2.83. The van der Waals surface area contributed by atoms with Crippen LogP contribution >= 0.6 is 27.7 Å². The van der Waals surface area contributed by atoms with Crippen molar-refractivity contribution in [3.05, 3.63) is 64.8 Å². The molecule has 0 bridgehead atoms. The van der Waals surface area contributed by atoms with Crippen molar-refractivity contribution >= 4 is 61.3 Å². The molecule has 2 aromatic carbocycles. The number of anilines is 1. The second kappa shape index (κ2) is 8.07. The van der Waals surface area contributed by atoms with Crippen LogP contribution < -0.4 is 16.4 Å². The third kappa shape index (κ3) is 4.20. The number of amidine groups is 1. The zero-order chi connectivity index (χ0) is 19.5. The lowest BCUT2D eigenvalue weighted by molar-refractivity contribution is -0.113. The molecule has 1 aromatic heterocycles. The molecule has 1 atom stereocenters. The van der Waals surface area contributed by atoms with Crippen molar-refractivity contribution in [2.24, 2.45) is 15.7 Å². The summed E-state index contributed by atoms with van der Waals surface area (Å²) in [6.45, 7) is 0. The number of thioether (sulfide) groups is 1. The average Bonchev–Trinajstić information content (AvgIpc) is 3.12. The second-order valence-corrected chi connectivity index (χ2v) is 7.96. The number of nitrogens with one attached hydrogen (secondary N) is 3. The first-order chi connectivity index (χ1) is 13.6. The summed E-state index contributed by atoms with van der Waals surface area (Å²) < 4.78 is 0.957. The molecule has 7 nitrogen and oxygen atoms in total. The van der Waals surface area contributed by atoms with Crippen molar-refractivity contribution < 1.29 is 4.79 Å². The summed E-state index contributed by atoms with van der Waals surface area (Å²) >= 11 is 4.66. The van der Waals surface area contributed by atoms with Crippen molar-refractivity contribution in [3.8, 4) is 0 Å². The molecule has 1 aliphatic heterocycles. The minimum Gasteiger partial charge on any atom is -0.370 e. The molecule has 2 heterocycles. The number of halogens is 1. The van der Waals surface area contributed by atoms with Gasteiger partial charge >= 0.3 is 0 Å². The number of aliphatic imine (C=N–C) groups is 2. The van der Waals surface area contributed by atoms with Crippen LogP contribution in [-0.2, 0) is 4.79 Å². The van der Waals surface area contributed by atoms with E-state index in [9.17, 15) is 4.79 Å². The number of amides is 1. The standard InChI is InChI=1S/C19H17BrN6OS/c20-11-5-7-12(8-6-11)23-16(27)10-28-19-25-17(24-18(21)26-19)14-9-22-15-4-2-1-3-13(14)15/h1-9,17,22H,10H2,(H,23,27)(H3,21,24,25,26). The summed E-state index contributed by atoms with van der Waals surface area (Å²) in [7, 11) is 0. The lowest BCUT2D eigenvalue weighted by Crippen LogP contribution is -2.39. The van der Waals surface area contributed by atoms with Crippen molar-refractivity contribution in [3.63, 3.8) is 0 Å². The van der Waals surface area contributed by atoms with Gasteiger partial charge in [0.15, 0.2) is 17.3 Å². The van der Waals surface area contributed by atoms with Gasteiger partial charge in [-0.05, 0) is 30.3 Å². The fraction of sp³-hybridized carbons (Fsp3) is 0.105. The third-order valence-corrected chi connectivity index (χ3v) is 5.52. The monoisotopic (exact) mass is 456 g/mol. The predicted octanol–water partition coefficient (Wildman–Crippen LogP) is 3.57. The average molecular weight is 457 g/mol. The number of benzene rings is 2. The van der Waals surface area contributed by atoms with Crippen molar-refractivity contribution in [1.29, 1.82) is 0 Å². The number of carbonyl (C=O) groups excluding carboxylic acids is 1. The largest absolute Gasteiger partial charge is 0.370 e. The predicted molar refractivity (Wildman–Crippen MR) is 118 cm³/mol. The van der Waals surface area contributed by atoms with E-state index in [-0.39, 0.29) is 17.6 Å². The number of guanidine groups is 1. The highest BCUT2D eigenvalue weighted by Gasteiger charge is 2.20. The number of para-hydroxylation sites is 1. The first kappa shape index (κ1) is 18.6. The van der Waals surface area contributed by atoms with E-state index in [1.807, 2.05) is 54.7 Å². The van der Waals surface area contributed by atoms with E-state index in [0.717, 1.165) is 26.6 Å². The van der Waals surface area contributed by atoms with E-state index in [0.29, 0.717) is 5.17 Å². The van der Waals surface area contributed by atoms with E-state index in [4.69, 9.17) is 5.73 Å². The molecule has 142 valence electrons. The molecule has 0 radical (unpaired) electrons. The topological polar surface area (TPSA) is 108 Å².